The zero-order chi connectivity index (χ0) is 23.9. The van der Waals surface area contributed by atoms with Crippen LogP contribution in [0.5, 0.6) is 11.5 Å². The normalized spacial score (nSPS) is 11.1. The van der Waals surface area contributed by atoms with Crippen molar-refractivity contribution in [2.45, 2.75) is 13.5 Å². The zero-order valence-electron chi connectivity index (χ0n) is 17.3. The van der Waals surface area contributed by atoms with Gasteiger partial charge in [-0.25, -0.2) is 26.7 Å². The molecule has 0 bridgehead atoms. The average Bonchev–Trinajstić information content (AvgIpc) is 2.81. The molecule has 0 aliphatic rings. The lowest BCUT2D eigenvalue weighted by Gasteiger charge is -2.12. The first kappa shape index (κ1) is 22.3. The summed E-state index contributed by atoms with van der Waals surface area (Å²) in [5.41, 5.74) is -0.0145. The number of methoxy groups -OCH3 is 1. The lowest BCUT2D eigenvalue weighted by atomic mass is 9.99. The quantitative estimate of drug-likeness (QED) is 0.157. The van der Waals surface area contributed by atoms with Crippen molar-refractivity contribution in [1.82, 2.24) is 0 Å². The number of rotatable bonds is 5. The smallest absolute Gasteiger partial charge is 0.344 e. The number of hydrogen-bond donors (Lipinski definition) is 0. The fourth-order valence-corrected chi connectivity index (χ4v) is 3.45. The standard InChI is InChI=1S/C24H15F5O4/c1-11-15-8-7-14(32-10-16-19(25)21(27)23(29)22(28)20(16)26)9-17(15)33-24(30)18(11)12-3-5-13(31-2)6-4-12/h3-9H,10H2,1-2H3. The van der Waals surface area contributed by atoms with E-state index >= 15 is 0 Å². The second kappa shape index (κ2) is 8.57. The van der Waals surface area contributed by atoms with Crippen LogP contribution in [0, 0.1) is 36.0 Å². The monoisotopic (exact) mass is 462 g/mol. The molecule has 0 atom stereocenters. The van der Waals surface area contributed by atoms with Crippen LogP contribution < -0.4 is 15.1 Å². The fourth-order valence-electron chi connectivity index (χ4n) is 3.45. The Morgan fingerprint density at radius 1 is 0.818 bits per heavy atom. The number of fused-ring (bicyclic) bond motifs is 1. The molecule has 0 N–H and O–H groups in total. The predicted octanol–water partition coefficient (Wildman–Crippen LogP) is 6.05. The van der Waals surface area contributed by atoms with E-state index in [1.165, 1.54) is 19.2 Å². The molecule has 1 heterocycles. The molecule has 4 rings (SSSR count). The Bertz CT molecular complexity index is 1400. The lowest BCUT2D eigenvalue weighted by molar-refractivity contribution is 0.279. The molecule has 0 amide bonds. The van der Waals surface area contributed by atoms with Crippen LogP contribution in [0.1, 0.15) is 11.1 Å². The van der Waals surface area contributed by atoms with Crippen molar-refractivity contribution in [3.05, 3.63) is 93.1 Å². The second-order valence-electron chi connectivity index (χ2n) is 7.11. The molecule has 0 aliphatic carbocycles. The van der Waals surface area contributed by atoms with Gasteiger partial charge in [0.25, 0.3) is 0 Å². The van der Waals surface area contributed by atoms with Gasteiger partial charge >= 0.3 is 5.63 Å². The van der Waals surface area contributed by atoms with Crippen LogP contribution in [0.15, 0.2) is 51.7 Å². The van der Waals surface area contributed by atoms with Crippen LogP contribution in [0.25, 0.3) is 22.1 Å². The van der Waals surface area contributed by atoms with Crippen molar-refractivity contribution >= 4 is 11.0 Å². The number of hydrogen-bond acceptors (Lipinski definition) is 4. The van der Waals surface area contributed by atoms with Crippen molar-refractivity contribution in [1.29, 1.82) is 0 Å². The van der Waals surface area contributed by atoms with Crippen molar-refractivity contribution in [3.63, 3.8) is 0 Å². The minimum Gasteiger partial charge on any atom is -0.497 e. The van der Waals surface area contributed by atoms with Crippen LogP contribution in [-0.4, -0.2) is 7.11 Å². The van der Waals surface area contributed by atoms with Crippen molar-refractivity contribution < 1.29 is 35.8 Å². The van der Waals surface area contributed by atoms with Gasteiger partial charge in [0.05, 0.1) is 18.2 Å². The van der Waals surface area contributed by atoms with Crippen molar-refractivity contribution in [2.75, 3.05) is 7.11 Å². The van der Waals surface area contributed by atoms with Crippen LogP contribution in [-0.2, 0) is 6.61 Å². The molecule has 0 spiro atoms. The van der Waals surface area contributed by atoms with Crippen molar-refractivity contribution in [2.24, 2.45) is 0 Å². The molecule has 0 saturated heterocycles. The Morgan fingerprint density at radius 3 is 2.00 bits per heavy atom. The summed E-state index contributed by atoms with van der Waals surface area (Å²) in [5, 5.41) is 0.573. The van der Waals surface area contributed by atoms with Gasteiger partial charge in [0.1, 0.15) is 23.7 Å². The molecule has 9 heteroatoms. The van der Waals surface area contributed by atoms with Crippen molar-refractivity contribution in [3.8, 4) is 22.6 Å². The molecule has 170 valence electrons. The Balaban J connectivity index is 1.68. The summed E-state index contributed by atoms with van der Waals surface area (Å²) in [6.45, 7) is 0.804. The molecular weight excluding hydrogens is 447 g/mol. The molecule has 33 heavy (non-hydrogen) atoms. The summed E-state index contributed by atoms with van der Waals surface area (Å²) in [6, 6.07) is 11.1. The number of ether oxygens (including phenoxy) is 2. The largest absolute Gasteiger partial charge is 0.497 e. The SMILES string of the molecule is COc1ccc(-c2c(C)c3ccc(OCc4c(F)c(F)c(F)c(F)c4F)cc3oc2=O)cc1. The molecule has 0 radical (unpaired) electrons. The summed E-state index contributed by atoms with van der Waals surface area (Å²) in [5.74, 6) is -9.68. The van der Waals surface area contributed by atoms with Gasteiger partial charge in [0.15, 0.2) is 23.3 Å². The van der Waals surface area contributed by atoms with Gasteiger partial charge < -0.3 is 13.9 Å². The van der Waals surface area contributed by atoms with Gasteiger partial charge in [-0.3, -0.25) is 0 Å². The topological polar surface area (TPSA) is 48.7 Å². The minimum atomic E-state index is -2.25. The summed E-state index contributed by atoms with van der Waals surface area (Å²) in [4.78, 5) is 12.6. The van der Waals surface area contributed by atoms with Crippen LogP contribution in [0.3, 0.4) is 0 Å². The Hall–Kier alpha value is -3.88. The van der Waals surface area contributed by atoms with E-state index in [9.17, 15) is 26.7 Å². The van der Waals surface area contributed by atoms with Gasteiger partial charge in [-0.15, -0.1) is 0 Å². The first-order valence-corrected chi connectivity index (χ1v) is 9.58. The highest BCUT2D eigenvalue weighted by Crippen LogP contribution is 2.31. The third-order valence-electron chi connectivity index (χ3n) is 5.20. The molecule has 3 aromatic carbocycles. The average molecular weight is 462 g/mol. The predicted molar refractivity (Wildman–Crippen MR) is 110 cm³/mol. The molecule has 1 aromatic heterocycles. The van der Waals surface area contributed by atoms with Gasteiger partial charge in [0.2, 0.25) is 5.82 Å². The number of aryl methyl sites for hydroxylation is 1. The maximum atomic E-state index is 13.8. The van der Waals surface area contributed by atoms with E-state index in [0.29, 0.717) is 27.8 Å². The van der Waals surface area contributed by atoms with E-state index in [2.05, 4.69) is 0 Å². The highest BCUT2D eigenvalue weighted by molar-refractivity contribution is 5.87. The zero-order valence-corrected chi connectivity index (χ0v) is 17.3. The first-order valence-electron chi connectivity index (χ1n) is 9.58. The number of benzene rings is 3. The second-order valence-corrected chi connectivity index (χ2v) is 7.11. The fraction of sp³-hybridized carbons (Fsp3) is 0.125. The number of halogens is 5. The van der Waals surface area contributed by atoms with Gasteiger partial charge in [-0.05, 0) is 42.3 Å². The Labute approximate surface area is 183 Å². The maximum absolute atomic E-state index is 13.8. The Morgan fingerprint density at radius 2 is 1.39 bits per heavy atom. The first-order chi connectivity index (χ1) is 15.7. The van der Waals surface area contributed by atoms with Gasteiger partial charge in [-0.2, -0.15) is 0 Å². The van der Waals surface area contributed by atoms with Crippen LogP contribution in [0.4, 0.5) is 22.0 Å². The third kappa shape index (κ3) is 3.90. The lowest BCUT2D eigenvalue weighted by Crippen LogP contribution is -2.10. The molecule has 0 unspecified atom stereocenters. The summed E-state index contributed by atoms with van der Waals surface area (Å²) in [6.07, 6.45) is 0. The van der Waals surface area contributed by atoms with Gasteiger partial charge in [0, 0.05) is 11.5 Å². The van der Waals surface area contributed by atoms with E-state index in [4.69, 9.17) is 13.9 Å². The van der Waals surface area contributed by atoms with Gasteiger partial charge in [-0.1, -0.05) is 12.1 Å². The maximum Gasteiger partial charge on any atom is 0.344 e. The van der Waals surface area contributed by atoms with E-state index in [-0.39, 0.29) is 11.3 Å². The van der Waals surface area contributed by atoms with E-state index in [1.54, 1.807) is 37.3 Å². The Kier molecular flexibility index (Phi) is 5.80. The minimum absolute atomic E-state index is 0.00573. The molecular formula is C24H15F5O4. The van der Waals surface area contributed by atoms with E-state index < -0.39 is 46.9 Å². The molecule has 0 saturated carbocycles. The summed E-state index contributed by atoms with van der Waals surface area (Å²) in [7, 11) is 1.52. The van der Waals surface area contributed by atoms with Crippen LogP contribution >= 0.6 is 0 Å². The van der Waals surface area contributed by atoms with E-state index in [1.807, 2.05) is 0 Å². The van der Waals surface area contributed by atoms with E-state index in [0.717, 1.165) is 0 Å². The van der Waals surface area contributed by atoms with Crippen LogP contribution in [0.2, 0.25) is 0 Å². The molecule has 4 aromatic rings. The third-order valence-corrected chi connectivity index (χ3v) is 5.20. The summed E-state index contributed by atoms with van der Waals surface area (Å²) >= 11 is 0. The highest BCUT2D eigenvalue weighted by atomic mass is 19.2. The molecule has 0 aliphatic heterocycles. The molecule has 4 nitrogen and oxygen atoms in total. The summed E-state index contributed by atoms with van der Waals surface area (Å²) < 4.78 is 83.4. The highest BCUT2D eigenvalue weighted by Gasteiger charge is 2.26. The molecule has 0 fully saturated rings.